The first kappa shape index (κ1) is 34.2. The van der Waals surface area contributed by atoms with E-state index in [0.717, 1.165) is 11.6 Å². The molecule has 1 unspecified atom stereocenters. The molecule has 3 heterocycles. The number of fused-ring (bicyclic) bond motifs is 4. The van der Waals surface area contributed by atoms with Gasteiger partial charge in [0, 0.05) is 56.5 Å². The number of benzene rings is 2. The largest absolute Gasteiger partial charge is 0.453 e. The molecule has 2 atom stereocenters. The summed E-state index contributed by atoms with van der Waals surface area (Å²) < 4.78 is 18.8. The van der Waals surface area contributed by atoms with Crippen molar-refractivity contribution in [2.24, 2.45) is 0 Å². The van der Waals surface area contributed by atoms with E-state index in [0.29, 0.717) is 65.9 Å². The number of ether oxygens (including phenoxy) is 3. The molecule has 1 aromatic heterocycles. The van der Waals surface area contributed by atoms with Crippen molar-refractivity contribution in [3.8, 4) is 11.3 Å². The Kier molecular flexibility index (Phi) is 11.0. The summed E-state index contributed by atoms with van der Waals surface area (Å²) in [4.78, 5) is 45.4. The van der Waals surface area contributed by atoms with Gasteiger partial charge in [0.1, 0.15) is 18.7 Å². The van der Waals surface area contributed by atoms with E-state index in [4.69, 9.17) is 30.8 Å². The Morgan fingerprint density at radius 1 is 1.17 bits per heavy atom. The van der Waals surface area contributed by atoms with E-state index in [1.807, 2.05) is 41.1 Å². The van der Waals surface area contributed by atoms with E-state index < -0.39 is 32.4 Å². The number of aromatic nitrogens is 2. The molecule has 1 saturated heterocycles. The predicted octanol–water partition coefficient (Wildman–Crippen LogP) is 8.00. The second-order valence-corrected chi connectivity index (χ2v) is 19.0. The van der Waals surface area contributed by atoms with Crippen molar-refractivity contribution >= 4 is 49.1 Å². The van der Waals surface area contributed by atoms with Crippen molar-refractivity contribution in [3.05, 3.63) is 77.2 Å². The van der Waals surface area contributed by atoms with E-state index >= 15 is 0 Å². The first-order valence-corrected chi connectivity index (χ1v) is 19.9. The number of cyclic esters (lactones) is 1. The van der Waals surface area contributed by atoms with E-state index in [1.54, 1.807) is 29.2 Å². The standard InChI is InChI=1S/C34H42ClN5O6Si/c1-44-33(42)36-25-13-14-26-27(20-25)37-31(41)12-7-5-6-11-29(32-38-28(26)21-39(32)22-45-17-18-47(2,3)4)40-16-15-30(46-34(40)43)23-9-8-10-24(35)19-23/h5-6,8-10,13-14,19-21,29-30H,7,11-12,15-18,22H2,1-4H3,(H,36,42)(H,37,41)/b6-5+/t29-,30?/m0/s1. The highest BCUT2D eigenvalue weighted by Gasteiger charge is 2.36. The third kappa shape index (κ3) is 9.02. The van der Waals surface area contributed by atoms with Gasteiger partial charge >= 0.3 is 12.2 Å². The monoisotopic (exact) mass is 679 g/mol. The lowest BCUT2D eigenvalue weighted by Crippen LogP contribution is -2.42. The number of nitrogens with one attached hydrogen (secondary N) is 2. The minimum atomic E-state index is -1.32. The maximum Gasteiger partial charge on any atom is 0.411 e. The Labute approximate surface area is 281 Å². The number of carbonyl (C=O) groups is 3. The average Bonchev–Trinajstić information content (AvgIpc) is 3.44. The van der Waals surface area contributed by atoms with Gasteiger partial charge in [0.25, 0.3) is 0 Å². The van der Waals surface area contributed by atoms with Crippen LogP contribution in [0, 0.1) is 0 Å². The molecular weight excluding hydrogens is 638 g/mol. The molecule has 5 rings (SSSR count). The van der Waals surface area contributed by atoms with Crippen LogP contribution in [0.15, 0.2) is 60.8 Å². The SMILES string of the molecule is COC(=O)Nc1ccc2c(c1)NC(=O)CC/C=C/C[C@H](N1CCC(c3cccc(Cl)c3)OC1=O)c1nc-2cn1COCC[Si](C)(C)C. The molecule has 13 heteroatoms. The number of methoxy groups -OCH3 is 1. The molecule has 0 spiro atoms. The topological polar surface area (TPSA) is 124 Å². The molecule has 2 bridgehead atoms. The second kappa shape index (κ2) is 15.2. The zero-order valence-corrected chi connectivity index (χ0v) is 29.0. The summed E-state index contributed by atoms with van der Waals surface area (Å²) in [5.41, 5.74) is 3.04. The van der Waals surface area contributed by atoms with Crippen LogP contribution in [0.5, 0.6) is 0 Å². The van der Waals surface area contributed by atoms with E-state index in [-0.39, 0.29) is 19.1 Å². The van der Waals surface area contributed by atoms with Gasteiger partial charge in [-0.25, -0.2) is 14.6 Å². The Bertz CT molecular complexity index is 1640. The van der Waals surface area contributed by atoms with Crippen LogP contribution >= 0.6 is 11.6 Å². The van der Waals surface area contributed by atoms with Gasteiger partial charge in [-0.3, -0.25) is 15.0 Å². The lowest BCUT2D eigenvalue weighted by Gasteiger charge is -2.36. The van der Waals surface area contributed by atoms with Gasteiger partial charge in [-0.15, -0.1) is 0 Å². The van der Waals surface area contributed by atoms with Gasteiger partial charge < -0.3 is 24.1 Å². The number of halogens is 1. The van der Waals surface area contributed by atoms with Gasteiger partial charge in [0.15, 0.2) is 0 Å². The highest BCUT2D eigenvalue weighted by molar-refractivity contribution is 6.76. The zero-order chi connectivity index (χ0) is 33.6. The van der Waals surface area contributed by atoms with Crippen molar-refractivity contribution in [1.82, 2.24) is 14.5 Å². The molecule has 11 nitrogen and oxygen atoms in total. The molecular formula is C34H42ClN5O6Si. The molecule has 0 aliphatic carbocycles. The summed E-state index contributed by atoms with van der Waals surface area (Å²) in [6.07, 6.45) is 6.18. The molecule has 0 saturated carbocycles. The number of allylic oxidation sites excluding steroid dienone is 1. The average molecular weight is 680 g/mol. The second-order valence-electron chi connectivity index (χ2n) is 12.9. The molecule has 1 fully saturated rings. The number of hydrogen-bond donors (Lipinski definition) is 2. The summed E-state index contributed by atoms with van der Waals surface area (Å²) in [6.45, 7) is 8.21. The molecule has 47 heavy (non-hydrogen) atoms. The van der Waals surface area contributed by atoms with E-state index in [2.05, 4.69) is 30.3 Å². The fraction of sp³-hybridized carbons (Fsp3) is 0.412. The number of carbonyl (C=O) groups excluding carboxylic acids is 3. The van der Waals surface area contributed by atoms with Gasteiger partial charge in [-0.05, 0) is 54.8 Å². The van der Waals surface area contributed by atoms with Crippen LogP contribution in [0.2, 0.25) is 30.7 Å². The van der Waals surface area contributed by atoms with Gasteiger partial charge in [0.05, 0.1) is 24.5 Å². The number of hydrogen-bond acceptors (Lipinski definition) is 7. The fourth-order valence-electron chi connectivity index (χ4n) is 5.55. The van der Waals surface area contributed by atoms with Crippen molar-refractivity contribution < 1.29 is 28.6 Å². The van der Waals surface area contributed by atoms with Gasteiger partial charge in [-0.1, -0.05) is 55.5 Å². The van der Waals surface area contributed by atoms with Crippen LogP contribution in [0.3, 0.4) is 0 Å². The van der Waals surface area contributed by atoms with Crippen LogP contribution in [0.4, 0.5) is 21.0 Å². The van der Waals surface area contributed by atoms with Crippen LogP contribution in [0.1, 0.15) is 49.2 Å². The highest BCUT2D eigenvalue weighted by atomic mass is 35.5. The molecule has 0 radical (unpaired) electrons. The highest BCUT2D eigenvalue weighted by Crippen LogP contribution is 2.37. The summed E-state index contributed by atoms with van der Waals surface area (Å²) in [6, 6.07) is 13.1. The smallest absolute Gasteiger partial charge is 0.411 e. The first-order valence-electron chi connectivity index (χ1n) is 15.8. The molecule has 250 valence electrons. The predicted molar refractivity (Wildman–Crippen MR) is 184 cm³/mol. The van der Waals surface area contributed by atoms with Crippen LogP contribution in [-0.4, -0.2) is 60.9 Å². The lowest BCUT2D eigenvalue weighted by atomic mass is 10.0. The molecule has 2 N–H and O–H groups in total. The minimum absolute atomic E-state index is 0.178. The molecule has 2 aliphatic heterocycles. The number of imidazole rings is 1. The van der Waals surface area contributed by atoms with Gasteiger partial charge in [0.2, 0.25) is 5.91 Å². The first-order chi connectivity index (χ1) is 22.5. The Morgan fingerprint density at radius 3 is 2.74 bits per heavy atom. The number of nitrogens with zero attached hydrogens (tertiary/aromatic N) is 3. The van der Waals surface area contributed by atoms with Crippen LogP contribution in [0.25, 0.3) is 11.3 Å². The number of anilines is 2. The Hall–Kier alpha value is -4.13. The van der Waals surface area contributed by atoms with Gasteiger partial charge in [-0.2, -0.15) is 0 Å². The lowest BCUT2D eigenvalue weighted by molar-refractivity contribution is -0.116. The number of amides is 3. The van der Waals surface area contributed by atoms with E-state index in [1.165, 1.54) is 7.11 Å². The molecule has 3 amide bonds. The summed E-state index contributed by atoms with van der Waals surface area (Å²) in [5, 5.41) is 6.23. The third-order valence-corrected chi connectivity index (χ3v) is 10.0. The Morgan fingerprint density at radius 2 is 2.00 bits per heavy atom. The summed E-state index contributed by atoms with van der Waals surface area (Å²) >= 11 is 6.22. The fourth-order valence-corrected chi connectivity index (χ4v) is 6.51. The molecule has 3 aromatic rings. The third-order valence-electron chi connectivity index (χ3n) is 8.10. The van der Waals surface area contributed by atoms with Crippen LogP contribution in [-0.2, 0) is 25.7 Å². The van der Waals surface area contributed by atoms with Crippen molar-refractivity contribution in [2.45, 2.75) is 70.2 Å². The maximum atomic E-state index is 13.7. The van der Waals surface area contributed by atoms with Crippen molar-refractivity contribution in [3.63, 3.8) is 0 Å². The van der Waals surface area contributed by atoms with Crippen molar-refractivity contribution in [1.29, 1.82) is 0 Å². The molecule has 2 aromatic carbocycles. The molecule has 2 aliphatic rings. The minimum Gasteiger partial charge on any atom is -0.453 e. The maximum absolute atomic E-state index is 13.7. The Balaban J connectivity index is 1.52. The number of rotatable bonds is 8. The normalized spacial score (nSPS) is 19.3. The summed E-state index contributed by atoms with van der Waals surface area (Å²) in [5.74, 6) is 0.465. The van der Waals surface area contributed by atoms with Crippen LogP contribution < -0.4 is 10.6 Å². The van der Waals surface area contributed by atoms with Crippen molar-refractivity contribution in [2.75, 3.05) is 30.9 Å². The van der Waals surface area contributed by atoms with E-state index in [9.17, 15) is 14.4 Å². The zero-order valence-electron chi connectivity index (χ0n) is 27.3. The summed E-state index contributed by atoms with van der Waals surface area (Å²) in [7, 11) is -0.0376. The quantitative estimate of drug-likeness (QED) is 0.140.